The number of rotatable bonds is 7. The summed E-state index contributed by atoms with van der Waals surface area (Å²) in [6.07, 6.45) is 1.64. The van der Waals surface area contributed by atoms with E-state index < -0.39 is 17.9 Å². The van der Waals surface area contributed by atoms with Gasteiger partial charge in [-0.15, -0.1) is 0 Å². The van der Waals surface area contributed by atoms with Crippen molar-refractivity contribution in [2.24, 2.45) is 0 Å². The highest BCUT2D eigenvalue weighted by Crippen LogP contribution is 2.43. The zero-order valence-corrected chi connectivity index (χ0v) is 20.5. The molecule has 0 saturated heterocycles. The fourth-order valence-corrected chi connectivity index (χ4v) is 5.19. The molecule has 0 radical (unpaired) electrons. The molecule has 3 heterocycles. The van der Waals surface area contributed by atoms with Gasteiger partial charge in [0.15, 0.2) is 10.6 Å². The first kappa shape index (κ1) is 23.5. The second kappa shape index (κ2) is 9.43. The summed E-state index contributed by atoms with van der Waals surface area (Å²) in [5.74, 6) is -0.437. The Morgan fingerprint density at radius 1 is 1.19 bits per heavy atom. The largest absolute Gasteiger partial charge is 0.490 e. The topological polar surface area (TPSA) is 98.9 Å². The Kier molecular flexibility index (Phi) is 6.15. The molecule has 1 atom stereocenters. The smallest absolute Gasteiger partial charge is 0.350 e. The van der Waals surface area contributed by atoms with Gasteiger partial charge in [-0.1, -0.05) is 48.3 Å². The Hall–Kier alpha value is -4.24. The van der Waals surface area contributed by atoms with Crippen LogP contribution in [0.4, 0.5) is 5.13 Å². The minimum absolute atomic E-state index is 0.0405. The number of carbonyl (C=O) groups excluding carboxylic acids is 2. The maximum absolute atomic E-state index is 13.7. The first-order valence-electron chi connectivity index (χ1n) is 11.3. The molecule has 0 fully saturated rings. The van der Waals surface area contributed by atoms with Crippen LogP contribution in [0.3, 0.4) is 0 Å². The first-order chi connectivity index (χ1) is 17.4. The molecule has 0 bridgehead atoms. The lowest BCUT2D eigenvalue weighted by Crippen LogP contribution is -2.29. The van der Waals surface area contributed by atoms with E-state index in [9.17, 15) is 14.4 Å². The van der Waals surface area contributed by atoms with Crippen LogP contribution in [-0.4, -0.2) is 30.1 Å². The van der Waals surface area contributed by atoms with Crippen LogP contribution >= 0.6 is 11.3 Å². The van der Waals surface area contributed by atoms with E-state index in [4.69, 9.17) is 13.9 Å². The van der Waals surface area contributed by atoms with Crippen LogP contribution in [0.25, 0.3) is 11.0 Å². The van der Waals surface area contributed by atoms with Crippen molar-refractivity contribution in [3.05, 3.63) is 98.9 Å². The highest BCUT2D eigenvalue weighted by molar-refractivity contribution is 7.17. The summed E-state index contributed by atoms with van der Waals surface area (Å²) in [4.78, 5) is 46.0. The number of aromatic nitrogens is 1. The lowest BCUT2D eigenvalue weighted by atomic mass is 9.98. The van der Waals surface area contributed by atoms with Crippen molar-refractivity contribution < 1.29 is 23.5 Å². The summed E-state index contributed by atoms with van der Waals surface area (Å²) in [7, 11) is 0. The van der Waals surface area contributed by atoms with Gasteiger partial charge in [-0.05, 0) is 43.7 Å². The van der Waals surface area contributed by atoms with Crippen molar-refractivity contribution in [3.8, 4) is 5.75 Å². The molecule has 0 N–H and O–H groups in total. The number of ether oxygens (including phenoxy) is 2. The molecule has 1 aliphatic rings. The molecule has 1 aliphatic heterocycles. The fraction of sp³-hybridized carbons (Fsp3) is 0.185. The van der Waals surface area contributed by atoms with E-state index in [1.54, 1.807) is 68.5 Å². The quantitative estimate of drug-likeness (QED) is 0.258. The molecule has 0 saturated carbocycles. The maximum atomic E-state index is 13.7. The van der Waals surface area contributed by atoms with Crippen molar-refractivity contribution in [2.75, 3.05) is 18.1 Å². The van der Waals surface area contributed by atoms with Gasteiger partial charge < -0.3 is 13.9 Å². The summed E-state index contributed by atoms with van der Waals surface area (Å²) in [5.41, 5.74) is 1.36. The molecular weight excluding hydrogens is 480 g/mol. The van der Waals surface area contributed by atoms with Gasteiger partial charge in [0.05, 0.1) is 29.3 Å². The number of para-hydroxylation sites is 1. The number of hydrogen-bond donors (Lipinski definition) is 0. The Labute approximate surface area is 210 Å². The molecule has 182 valence electrons. The molecule has 0 spiro atoms. The zero-order valence-electron chi connectivity index (χ0n) is 19.6. The number of nitrogens with zero attached hydrogens (tertiary/aromatic N) is 2. The average Bonchev–Trinajstić information content (AvgIpc) is 3.41. The van der Waals surface area contributed by atoms with E-state index in [1.165, 1.54) is 4.90 Å². The molecule has 2 aromatic carbocycles. The molecule has 1 amide bonds. The van der Waals surface area contributed by atoms with E-state index >= 15 is 0 Å². The van der Waals surface area contributed by atoms with Crippen molar-refractivity contribution in [3.63, 3.8) is 0 Å². The molecule has 0 aliphatic carbocycles. The lowest BCUT2D eigenvalue weighted by Gasteiger charge is -2.22. The van der Waals surface area contributed by atoms with Crippen LogP contribution in [0.15, 0.2) is 70.4 Å². The molecule has 5 rings (SSSR count). The van der Waals surface area contributed by atoms with E-state index in [2.05, 4.69) is 11.6 Å². The number of anilines is 1. The van der Waals surface area contributed by atoms with Gasteiger partial charge in [-0.25, -0.2) is 9.78 Å². The molecular formula is C27H22N2O6S. The van der Waals surface area contributed by atoms with Crippen LogP contribution in [0.1, 0.15) is 50.0 Å². The zero-order chi connectivity index (χ0) is 25.4. The van der Waals surface area contributed by atoms with Gasteiger partial charge in [0.25, 0.3) is 5.91 Å². The molecule has 0 unspecified atom stereocenters. The van der Waals surface area contributed by atoms with E-state index in [0.717, 1.165) is 11.3 Å². The highest BCUT2D eigenvalue weighted by atomic mass is 32.1. The van der Waals surface area contributed by atoms with Crippen molar-refractivity contribution in [1.29, 1.82) is 0 Å². The summed E-state index contributed by atoms with van der Waals surface area (Å²) in [6, 6.07) is 13.1. The third-order valence-corrected chi connectivity index (χ3v) is 6.93. The monoisotopic (exact) mass is 502 g/mol. The number of fused-ring (bicyclic) bond motifs is 2. The second-order valence-corrected chi connectivity index (χ2v) is 9.03. The summed E-state index contributed by atoms with van der Waals surface area (Å²) in [6.45, 7) is 7.61. The summed E-state index contributed by atoms with van der Waals surface area (Å²) < 4.78 is 16.7. The van der Waals surface area contributed by atoms with Crippen molar-refractivity contribution in [1.82, 2.24) is 4.98 Å². The van der Waals surface area contributed by atoms with Gasteiger partial charge >= 0.3 is 5.97 Å². The average molecular weight is 503 g/mol. The predicted molar refractivity (Wildman–Crippen MR) is 136 cm³/mol. The first-order valence-corrected chi connectivity index (χ1v) is 12.1. The van der Waals surface area contributed by atoms with Crippen LogP contribution in [0, 0.1) is 6.92 Å². The third-order valence-electron chi connectivity index (χ3n) is 5.79. The van der Waals surface area contributed by atoms with Crippen LogP contribution in [0.2, 0.25) is 0 Å². The number of benzene rings is 2. The van der Waals surface area contributed by atoms with E-state index in [-0.39, 0.29) is 28.5 Å². The number of amides is 1. The fourth-order valence-electron chi connectivity index (χ4n) is 4.21. The summed E-state index contributed by atoms with van der Waals surface area (Å²) >= 11 is 1.04. The normalized spacial score (nSPS) is 14.7. The van der Waals surface area contributed by atoms with Gasteiger partial charge in [0.1, 0.15) is 22.8 Å². The SMILES string of the molecule is C=CCOc1ccc([C@@H]2c3c(oc4ccccc4c3=O)C(=O)N2c2nc(C)c(C(=O)OCC)s2)cc1. The van der Waals surface area contributed by atoms with E-state index in [1.807, 2.05) is 0 Å². The minimum atomic E-state index is -0.803. The lowest BCUT2D eigenvalue weighted by molar-refractivity contribution is 0.0531. The predicted octanol–water partition coefficient (Wildman–Crippen LogP) is 5.05. The number of hydrogen-bond acceptors (Lipinski definition) is 8. The van der Waals surface area contributed by atoms with Gasteiger partial charge in [0, 0.05) is 0 Å². The van der Waals surface area contributed by atoms with Crippen molar-refractivity contribution >= 4 is 39.3 Å². The van der Waals surface area contributed by atoms with Crippen LogP contribution < -0.4 is 15.1 Å². The van der Waals surface area contributed by atoms with Crippen molar-refractivity contribution in [2.45, 2.75) is 19.9 Å². The van der Waals surface area contributed by atoms with Crippen LogP contribution in [0.5, 0.6) is 5.75 Å². The van der Waals surface area contributed by atoms with E-state index in [0.29, 0.717) is 39.5 Å². The van der Waals surface area contributed by atoms with Crippen LogP contribution in [-0.2, 0) is 4.74 Å². The van der Waals surface area contributed by atoms with Gasteiger partial charge in [-0.2, -0.15) is 0 Å². The molecule has 8 nitrogen and oxygen atoms in total. The van der Waals surface area contributed by atoms with Gasteiger partial charge in [0.2, 0.25) is 5.76 Å². The Morgan fingerprint density at radius 2 is 1.94 bits per heavy atom. The second-order valence-electron chi connectivity index (χ2n) is 8.05. The number of carbonyl (C=O) groups is 2. The van der Waals surface area contributed by atoms with Gasteiger partial charge in [-0.3, -0.25) is 14.5 Å². The number of thiazole rings is 1. The highest BCUT2D eigenvalue weighted by Gasteiger charge is 2.45. The molecule has 4 aromatic rings. The summed E-state index contributed by atoms with van der Waals surface area (Å²) in [5, 5.41) is 0.650. The Bertz CT molecular complexity index is 1550. The number of aryl methyl sites for hydroxylation is 1. The molecule has 9 heteroatoms. The Morgan fingerprint density at radius 3 is 2.67 bits per heavy atom. The Balaban J connectivity index is 1.69. The molecule has 36 heavy (non-hydrogen) atoms. The standard InChI is InChI=1S/C27H22N2O6S/c1-4-14-34-17-12-10-16(11-13-17)21-20-22(30)18-8-6-7-9-19(18)35-23(20)25(31)29(21)27-28-15(3)24(36-27)26(32)33-5-2/h4,6-13,21H,1,5,14H2,2-3H3/t21-/m1/s1. The minimum Gasteiger partial charge on any atom is -0.490 e. The maximum Gasteiger partial charge on any atom is 0.350 e. The number of esters is 1. The molecule has 2 aromatic heterocycles. The third kappa shape index (κ3) is 3.87.